The smallest absolute Gasteiger partial charge is 0.231 e. The zero-order valence-corrected chi connectivity index (χ0v) is 11.7. The Morgan fingerprint density at radius 3 is 2.57 bits per heavy atom. The van der Waals surface area contributed by atoms with Crippen LogP contribution in [-0.2, 0) is 6.54 Å². The summed E-state index contributed by atoms with van der Waals surface area (Å²) in [5.41, 5.74) is 1.47. The Balaban J connectivity index is 1.75. The van der Waals surface area contributed by atoms with Gasteiger partial charge in [0.1, 0.15) is 11.5 Å². The van der Waals surface area contributed by atoms with E-state index >= 15 is 0 Å². The van der Waals surface area contributed by atoms with Crippen LogP contribution in [0.1, 0.15) is 24.1 Å². The molecule has 1 heterocycles. The number of para-hydroxylation sites is 1. The third-order valence-electron chi connectivity index (χ3n) is 3.57. The van der Waals surface area contributed by atoms with Crippen molar-refractivity contribution in [3.8, 4) is 23.0 Å². The second-order valence-electron chi connectivity index (χ2n) is 4.96. The monoisotopic (exact) mass is 287 g/mol. The Kier molecular flexibility index (Phi) is 3.58. The maximum absolute atomic E-state index is 9.87. The van der Waals surface area contributed by atoms with Gasteiger partial charge < -0.3 is 25.0 Å². The SMILES string of the molecule is CC(NCc1cccc2c1OCO2)c1c(O)cccc1O. The van der Waals surface area contributed by atoms with Gasteiger partial charge in [0, 0.05) is 18.2 Å². The van der Waals surface area contributed by atoms with Crippen molar-refractivity contribution in [2.75, 3.05) is 6.79 Å². The lowest BCUT2D eigenvalue weighted by Gasteiger charge is -2.17. The Hall–Kier alpha value is -2.40. The average Bonchev–Trinajstić information content (AvgIpc) is 2.93. The third kappa shape index (κ3) is 2.60. The van der Waals surface area contributed by atoms with Crippen LogP contribution in [0.2, 0.25) is 0 Å². The number of fused-ring (bicyclic) bond motifs is 1. The van der Waals surface area contributed by atoms with Crippen LogP contribution in [0.4, 0.5) is 0 Å². The van der Waals surface area contributed by atoms with Gasteiger partial charge in [-0.05, 0) is 25.1 Å². The van der Waals surface area contributed by atoms with E-state index in [2.05, 4.69) is 5.32 Å². The van der Waals surface area contributed by atoms with E-state index in [-0.39, 0.29) is 24.3 Å². The van der Waals surface area contributed by atoms with Crippen molar-refractivity contribution in [1.29, 1.82) is 0 Å². The van der Waals surface area contributed by atoms with E-state index in [4.69, 9.17) is 9.47 Å². The van der Waals surface area contributed by atoms with Crippen molar-refractivity contribution in [1.82, 2.24) is 5.32 Å². The number of hydrogen-bond donors (Lipinski definition) is 3. The molecule has 0 spiro atoms. The minimum Gasteiger partial charge on any atom is -0.507 e. The van der Waals surface area contributed by atoms with Crippen molar-refractivity contribution in [2.45, 2.75) is 19.5 Å². The summed E-state index contributed by atoms with van der Waals surface area (Å²) < 4.78 is 10.8. The predicted octanol–water partition coefficient (Wildman–Crippen LogP) is 2.68. The number of phenolic OH excluding ortho intramolecular Hbond substituents is 2. The van der Waals surface area contributed by atoms with Crippen LogP contribution in [0, 0.1) is 0 Å². The number of phenols is 2. The summed E-state index contributed by atoms with van der Waals surface area (Å²) in [7, 11) is 0. The number of nitrogens with one attached hydrogen (secondary N) is 1. The van der Waals surface area contributed by atoms with Crippen LogP contribution in [0.25, 0.3) is 0 Å². The molecule has 0 aromatic heterocycles. The molecule has 0 aliphatic carbocycles. The Morgan fingerprint density at radius 2 is 1.81 bits per heavy atom. The first kappa shape index (κ1) is 13.6. The standard InChI is InChI=1S/C16H17NO4/c1-10(15-12(18)5-3-6-13(15)19)17-8-11-4-2-7-14-16(11)21-9-20-14/h2-7,10,17-19H,8-9H2,1H3. The zero-order valence-electron chi connectivity index (χ0n) is 11.7. The van der Waals surface area contributed by atoms with Crippen LogP contribution in [-0.4, -0.2) is 17.0 Å². The van der Waals surface area contributed by atoms with E-state index < -0.39 is 0 Å². The molecule has 0 saturated carbocycles. The largest absolute Gasteiger partial charge is 0.507 e. The van der Waals surface area contributed by atoms with Gasteiger partial charge in [-0.2, -0.15) is 0 Å². The van der Waals surface area contributed by atoms with Crippen molar-refractivity contribution in [3.05, 3.63) is 47.5 Å². The van der Waals surface area contributed by atoms with Gasteiger partial charge in [-0.1, -0.05) is 18.2 Å². The van der Waals surface area contributed by atoms with Crippen LogP contribution < -0.4 is 14.8 Å². The van der Waals surface area contributed by atoms with E-state index in [0.29, 0.717) is 12.1 Å². The summed E-state index contributed by atoms with van der Waals surface area (Å²) in [6.07, 6.45) is 0. The molecule has 0 bridgehead atoms. The molecule has 1 atom stereocenters. The normalized spacial score (nSPS) is 14.1. The van der Waals surface area contributed by atoms with Crippen LogP contribution in [0.3, 0.4) is 0 Å². The Labute approximate surface area is 122 Å². The first-order valence-corrected chi connectivity index (χ1v) is 6.78. The fourth-order valence-electron chi connectivity index (χ4n) is 2.48. The first-order valence-electron chi connectivity index (χ1n) is 6.78. The fraction of sp³-hybridized carbons (Fsp3) is 0.250. The zero-order chi connectivity index (χ0) is 14.8. The van der Waals surface area contributed by atoms with Crippen molar-refractivity contribution in [2.24, 2.45) is 0 Å². The van der Waals surface area contributed by atoms with Crippen molar-refractivity contribution < 1.29 is 19.7 Å². The lowest BCUT2D eigenvalue weighted by Crippen LogP contribution is -2.18. The topological polar surface area (TPSA) is 71.0 Å². The molecule has 1 unspecified atom stereocenters. The Bertz CT molecular complexity index is 636. The maximum Gasteiger partial charge on any atom is 0.231 e. The molecule has 0 radical (unpaired) electrons. The number of rotatable bonds is 4. The van der Waals surface area contributed by atoms with Crippen LogP contribution in [0.15, 0.2) is 36.4 Å². The third-order valence-corrected chi connectivity index (χ3v) is 3.57. The molecule has 21 heavy (non-hydrogen) atoms. The predicted molar refractivity (Wildman–Crippen MR) is 77.6 cm³/mol. The van der Waals surface area contributed by atoms with Gasteiger partial charge in [0.05, 0.1) is 5.56 Å². The number of ether oxygens (including phenoxy) is 2. The van der Waals surface area contributed by atoms with Gasteiger partial charge in [-0.15, -0.1) is 0 Å². The van der Waals surface area contributed by atoms with Crippen molar-refractivity contribution in [3.63, 3.8) is 0 Å². The second kappa shape index (κ2) is 5.54. The molecule has 3 N–H and O–H groups in total. The molecule has 0 fully saturated rings. The Morgan fingerprint density at radius 1 is 1.10 bits per heavy atom. The molecule has 3 rings (SSSR count). The highest BCUT2D eigenvalue weighted by molar-refractivity contribution is 5.48. The average molecular weight is 287 g/mol. The molecule has 2 aromatic rings. The molecule has 0 amide bonds. The number of hydrogen-bond acceptors (Lipinski definition) is 5. The molecule has 1 aliphatic heterocycles. The summed E-state index contributed by atoms with van der Waals surface area (Å²) in [6, 6.07) is 10.3. The lowest BCUT2D eigenvalue weighted by molar-refractivity contribution is 0.173. The maximum atomic E-state index is 9.87. The number of aromatic hydroxyl groups is 2. The first-order chi connectivity index (χ1) is 10.2. The molecule has 2 aromatic carbocycles. The van der Waals surface area contributed by atoms with E-state index in [1.54, 1.807) is 18.2 Å². The lowest BCUT2D eigenvalue weighted by atomic mass is 10.1. The molecular weight excluding hydrogens is 270 g/mol. The molecular formula is C16H17NO4. The second-order valence-corrected chi connectivity index (χ2v) is 4.96. The summed E-state index contributed by atoms with van der Waals surface area (Å²) in [5.74, 6) is 1.65. The van der Waals surface area contributed by atoms with Gasteiger partial charge >= 0.3 is 0 Å². The van der Waals surface area contributed by atoms with E-state index in [9.17, 15) is 10.2 Å². The minimum atomic E-state index is -0.204. The summed E-state index contributed by atoms with van der Waals surface area (Å²) >= 11 is 0. The summed E-state index contributed by atoms with van der Waals surface area (Å²) in [5, 5.41) is 23.0. The van der Waals surface area contributed by atoms with Gasteiger partial charge in [-0.3, -0.25) is 0 Å². The summed E-state index contributed by atoms with van der Waals surface area (Å²) in [4.78, 5) is 0. The van der Waals surface area contributed by atoms with E-state index in [1.165, 1.54) is 0 Å². The highest BCUT2D eigenvalue weighted by atomic mass is 16.7. The van der Waals surface area contributed by atoms with Crippen LogP contribution in [0.5, 0.6) is 23.0 Å². The van der Waals surface area contributed by atoms with E-state index in [1.807, 2.05) is 25.1 Å². The van der Waals surface area contributed by atoms with E-state index in [0.717, 1.165) is 17.1 Å². The fourth-order valence-corrected chi connectivity index (χ4v) is 2.48. The van der Waals surface area contributed by atoms with Gasteiger partial charge in [0.25, 0.3) is 0 Å². The molecule has 110 valence electrons. The molecule has 1 aliphatic rings. The number of benzene rings is 2. The highest BCUT2D eigenvalue weighted by Crippen LogP contribution is 2.36. The van der Waals surface area contributed by atoms with Crippen molar-refractivity contribution >= 4 is 0 Å². The quantitative estimate of drug-likeness (QED) is 0.806. The van der Waals surface area contributed by atoms with Gasteiger partial charge in [0.2, 0.25) is 6.79 Å². The molecule has 5 heteroatoms. The molecule has 5 nitrogen and oxygen atoms in total. The minimum absolute atomic E-state index is 0.0767. The summed E-state index contributed by atoms with van der Waals surface area (Å²) in [6.45, 7) is 2.67. The van der Waals surface area contributed by atoms with Gasteiger partial charge in [-0.25, -0.2) is 0 Å². The highest BCUT2D eigenvalue weighted by Gasteiger charge is 2.19. The van der Waals surface area contributed by atoms with Gasteiger partial charge in [0.15, 0.2) is 11.5 Å². The van der Waals surface area contributed by atoms with Crippen LogP contribution >= 0.6 is 0 Å². The molecule has 0 saturated heterocycles.